The van der Waals surface area contributed by atoms with E-state index in [9.17, 15) is 19.1 Å². The quantitative estimate of drug-likeness (QED) is 0.811. The van der Waals surface area contributed by atoms with Crippen molar-refractivity contribution in [3.63, 3.8) is 0 Å². The number of anilines is 2. The molecule has 0 atom stereocenters. The summed E-state index contributed by atoms with van der Waals surface area (Å²) in [5.41, 5.74) is 0.543. The summed E-state index contributed by atoms with van der Waals surface area (Å²) in [7, 11) is 0. The van der Waals surface area contributed by atoms with Gasteiger partial charge in [0.1, 0.15) is 5.82 Å². The van der Waals surface area contributed by atoms with Gasteiger partial charge in [0, 0.05) is 13.1 Å². The van der Waals surface area contributed by atoms with Crippen LogP contribution in [0.25, 0.3) is 6.08 Å². The van der Waals surface area contributed by atoms with Gasteiger partial charge >= 0.3 is 12.0 Å². The minimum Gasteiger partial charge on any atom is -0.505 e. The van der Waals surface area contributed by atoms with E-state index < -0.39 is 23.6 Å². The molecule has 9 heteroatoms. The summed E-state index contributed by atoms with van der Waals surface area (Å²) in [6, 6.07) is 6.91. The number of rotatable bonds is 3. The molecular formula is C19H16FN3O5. The zero-order valence-corrected chi connectivity index (χ0v) is 14.7. The molecule has 3 heterocycles. The summed E-state index contributed by atoms with van der Waals surface area (Å²) in [4.78, 5) is 32.0. The predicted octanol–water partition coefficient (Wildman–Crippen LogP) is 2.29. The molecule has 0 radical (unpaired) electrons. The third-order valence-electron chi connectivity index (χ3n) is 4.39. The van der Waals surface area contributed by atoms with Gasteiger partial charge in [-0.05, 0) is 35.9 Å². The smallest absolute Gasteiger partial charge is 0.427 e. The van der Waals surface area contributed by atoms with Gasteiger partial charge in [0.25, 0.3) is 0 Å². The first-order chi connectivity index (χ1) is 13.5. The van der Waals surface area contributed by atoms with Crippen molar-refractivity contribution in [1.82, 2.24) is 4.98 Å². The molecule has 0 saturated carbocycles. The van der Waals surface area contributed by atoms with Gasteiger partial charge in [-0.25, -0.2) is 19.1 Å². The Hall–Kier alpha value is -3.46. The maximum atomic E-state index is 13.5. The van der Waals surface area contributed by atoms with Crippen LogP contribution >= 0.6 is 0 Å². The van der Waals surface area contributed by atoms with E-state index >= 15 is 0 Å². The number of benzene rings is 1. The van der Waals surface area contributed by atoms with Gasteiger partial charge in [-0.2, -0.15) is 0 Å². The minimum atomic E-state index is -0.864. The Balaban J connectivity index is 1.55. The van der Waals surface area contributed by atoms with E-state index in [0.29, 0.717) is 26.3 Å². The molecule has 144 valence electrons. The summed E-state index contributed by atoms with van der Waals surface area (Å²) in [6.07, 6.45) is 1.79. The van der Waals surface area contributed by atoms with Crippen LogP contribution in [-0.4, -0.2) is 48.4 Å². The summed E-state index contributed by atoms with van der Waals surface area (Å²) < 4.78 is 23.8. The maximum absolute atomic E-state index is 13.5. The number of hydrogen-bond acceptors (Lipinski definition) is 7. The number of aromatic hydroxyl groups is 1. The fraction of sp³-hybridized carbons (Fsp3) is 0.211. The molecule has 0 spiro atoms. The van der Waals surface area contributed by atoms with Crippen LogP contribution < -0.4 is 9.80 Å². The lowest BCUT2D eigenvalue weighted by Crippen LogP contribution is -2.36. The number of morpholine rings is 1. The van der Waals surface area contributed by atoms with Crippen LogP contribution in [0.4, 0.5) is 20.7 Å². The number of carbonyl (C=O) groups excluding carboxylic acids is 2. The Labute approximate surface area is 159 Å². The number of ether oxygens (including phenoxy) is 2. The number of amides is 2. The van der Waals surface area contributed by atoms with Crippen LogP contribution in [0.3, 0.4) is 0 Å². The van der Waals surface area contributed by atoms with Gasteiger partial charge < -0.3 is 19.5 Å². The molecule has 2 aliphatic rings. The normalized spacial score (nSPS) is 18.7. The number of hydrogen-bond donors (Lipinski definition) is 1. The van der Waals surface area contributed by atoms with Crippen LogP contribution in [0.2, 0.25) is 0 Å². The number of imide groups is 1. The second-order valence-electron chi connectivity index (χ2n) is 6.20. The number of phenolic OH excluding ortho intramolecular Hbond substituents is 1. The van der Waals surface area contributed by atoms with E-state index in [0.717, 1.165) is 22.9 Å². The van der Waals surface area contributed by atoms with Crippen LogP contribution in [0, 0.1) is 5.82 Å². The van der Waals surface area contributed by atoms with Crippen molar-refractivity contribution in [2.45, 2.75) is 0 Å². The van der Waals surface area contributed by atoms with E-state index in [2.05, 4.69) is 4.98 Å². The second kappa shape index (κ2) is 7.28. The Morgan fingerprint density at radius 3 is 2.61 bits per heavy atom. The molecule has 0 unspecified atom stereocenters. The zero-order valence-electron chi connectivity index (χ0n) is 14.7. The second-order valence-corrected chi connectivity index (χ2v) is 6.20. The average molecular weight is 385 g/mol. The first kappa shape index (κ1) is 17.9. The number of phenols is 1. The molecule has 8 nitrogen and oxygen atoms in total. The lowest BCUT2D eigenvalue weighted by molar-refractivity contribution is -0.114. The molecule has 0 aliphatic carbocycles. The molecule has 0 bridgehead atoms. The Morgan fingerprint density at radius 2 is 1.93 bits per heavy atom. The largest absolute Gasteiger partial charge is 0.505 e. The molecule has 4 rings (SSSR count). The van der Waals surface area contributed by atoms with Crippen molar-refractivity contribution >= 4 is 29.6 Å². The molecule has 1 aromatic heterocycles. The summed E-state index contributed by atoms with van der Waals surface area (Å²) >= 11 is 0. The van der Waals surface area contributed by atoms with Crippen molar-refractivity contribution in [3.8, 4) is 5.75 Å². The summed E-state index contributed by atoms with van der Waals surface area (Å²) in [5, 5.41) is 9.23. The van der Waals surface area contributed by atoms with Crippen LogP contribution in [0.5, 0.6) is 5.75 Å². The highest BCUT2D eigenvalue weighted by atomic mass is 19.1. The number of halogens is 1. The number of pyridine rings is 1. The van der Waals surface area contributed by atoms with E-state index in [-0.39, 0.29) is 17.0 Å². The Kier molecular flexibility index (Phi) is 4.66. The maximum Gasteiger partial charge on any atom is 0.427 e. The molecule has 2 fully saturated rings. The fourth-order valence-electron chi connectivity index (χ4n) is 2.94. The molecule has 2 saturated heterocycles. The molecule has 1 N–H and O–H groups in total. The zero-order chi connectivity index (χ0) is 19.7. The fourth-order valence-corrected chi connectivity index (χ4v) is 2.94. The highest BCUT2D eigenvalue weighted by molar-refractivity contribution is 6.24. The standard InChI is InChI=1S/C19H16FN3O5/c20-14-9-12(1-3-15(14)24)10-16-18(25)23(19(26)28-16)13-2-4-17(21-11-13)22-5-7-27-8-6-22/h1-4,9-11,24H,5-8H2. The highest BCUT2D eigenvalue weighted by Crippen LogP contribution is 2.27. The van der Waals surface area contributed by atoms with Gasteiger partial charge in [-0.1, -0.05) is 6.07 Å². The number of carbonyl (C=O) groups is 2. The van der Waals surface area contributed by atoms with E-state index in [1.807, 2.05) is 4.90 Å². The lowest BCUT2D eigenvalue weighted by atomic mass is 10.2. The molecule has 1 aromatic carbocycles. The predicted molar refractivity (Wildman–Crippen MR) is 97.3 cm³/mol. The Morgan fingerprint density at radius 1 is 1.14 bits per heavy atom. The van der Waals surface area contributed by atoms with Gasteiger partial charge in [0.2, 0.25) is 0 Å². The van der Waals surface area contributed by atoms with Crippen molar-refractivity contribution < 1.29 is 28.6 Å². The van der Waals surface area contributed by atoms with E-state index in [1.54, 1.807) is 12.1 Å². The van der Waals surface area contributed by atoms with E-state index in [1.165, 1.54) is 18.3 Å². The first-order valence-electron chi connectivity index (χ1n) is 8.58. The minimum absolute atomic E-state index is 0.243. The molecular weight excluding hydrogens is 369 g/mol. The molecule has 28 heavy (non-hydrogen) atoms. The SMILES string of the molecule is O=C1OC(=Cc2ccc(O)c(F)c2)C(=O)N1c1ccc(N2CCOCC2)nc1. The molecule has 2 amide bonds. The van der Waals surface area contributed by atoms with Crippen LogP contribution in [0.15, 0.2) is 42.3 Å². The van der Waals surface area contributed by atoms with Crippen molar-refractivity contribution in [3.05, 3.63) is 53.7 Å². The van der Waals surface area contributed by atoms with Crippen molar-refractivity contribution in [2.75, 3.05) is 36.1 Å². The molecule has 2 aromatic rings. The number of cyclic esters (lactones) is 1. The van der Waals surface area contributed by atoms with Gasteiger partial charge in [0.05, 0.1) is 25.1 Å². The number of nitrogens with zero attached hydrogens (tertiary/aromatic N) is 3. The summed E-state index contributed by atoms with van der Waals surface area (Å²) in [6.45, 7) is 2.67. The van der Waals surface area contributed by atoms with Gasteiger partial charge in [0.15, 0.2) is 17.3 Å². The van der Waals surface area contributed by atoms with Crippen LogP contribution in [-0.2, 0) is 14.3 Å². The third kappa shape index (κ3) is 3.39. The lowest BCUT2D eigenvalue weighted by Gasteiger charge is -2.27. The highest BCUT2D eigenvalue weighted by Gasteiger charge is 2.38. The van der Waals surface area contributed by atoms with Crippen LogP contribution in [0.1, 0.15) is 5.56 Å². The van der Waals surface area contributed by atoms with Crippen molar-refractivity contribution in [2.24, 2.45) is 0 Å². The first-order valence-corrected chi connectivity index (χ1v) is 8.58. The monoisotopic (exact) mass is 385 g/mol. The van der Waals surface area contributed by atoms with Crippen molar-refractivity contribution in [1.29, 1.82) is 0 Å². The van der Waals surface area contributed by atoms with E-state index in [4.69, 9.17) is 9.47 Å². The molecule has 2 aliphatic heterocycles. The summed E-state index contributed by atoms with van der Waals surface area (Å²) in [5.74, 6) is -1.55. The average Bonchev–Trinajstić information content (AvgIpc) is 2.99. The number of aromatic nitrogens is 1. The van der Waals surface area contributed by atoms with Gasteiger partial charge in [-0.3, -0.25) is 4.79 Å². The van der Waals surface area contributed by atoms with Gasteiger partial charge in [-0.15, -0.1) is 0 Å². The third-order valence-corrected chi connectivity index (χ3v) is 4.39. The Bertz CT molecular complexity index is 955. The topological polar surface area (TPSA) is 92.2 Å².